The van der Waals surface area contributed by atoms with Gasteiger partial charge in [-0.3, -0.25) is 9.47 Å². The summed E-state index contributed by atoms with van der Waals surface area (Å²) in [5, 5.41) is 0. The average molecular weight is 731 g/mol. The van der Waals surface area contributed by atoms with Gasteiger partial charge in [0.15, 0.2) is 0 Å². The molecular formula is C17H23F17O6Si3. The van der Waals surface area contributed by atoms with Gasteiger partial charge in [0.2, 0.25) is 0 Å². The van der Waals surface area contributed by atoms with Crippen LogP contribution in [0.5, 0.6) is 0 Å². The monoisotopic (exact) mass is 730 g/mol. The maximum atomic E-state index is 14.5. The first-order chi connectivity index (χ1) is 18.5. The lowest BCUT2D eigenvalue weighted by Crippen LogP contribution is -2.67. The molecule has 0 saturated carbocycles. The standard InChI is InChI=1S/C17H23F17O6Si3/c1-41(2)38-42(3,4)40-43(5,39-41)8-6-7-35-9-10(18,13(22,23)24)36-17(33,34)12(21,15(28,29)30)37-16(31,32)11(19,20)14(25,26)27/h6-9H2,1-5H3. The van der Waals surface area contributed by atoms with Crippen molar-refractivity contribution >= 4 is 25.7 Å². The summed E-state index contributed by atoms with van der Waals surface area (Å²) >= 11 is 0. The molecule has 0 spiro atoms. The van der Waals surface area contributed by atoms with Gasteiger partial charge in [-0.1, -0.05) is 0 Å². The highest BCUT2D eigenvalue weighted by molar-refractivity contribution is 6.92. The molecule has 1 rings (SSSR count). The highest BCUT2D eigenvalue weighted by atomic mass is 28.5. The van der Waals surface area contributed by atoms with E-state index in [1.54, 1.807) is 26.2 Å². The van der Waals surface area contributed by atoms with Crippen molar-refractivity contribution in [3.8, 4) is 0 Å². The first-order valence-corrected chi connectivity index (χ1v) is 19.4. The lowest BCUT2D eigenvalue weighted by Gasteiger charge is -2.48. The van der Waals surface area contributed by atoms with Crippen molar-refractivity contribution < 1.29 is 101 Å². The SMILES string of the molecule is C[Si]1(C)O[Si](C)(C)O[Si](C)(CCCOCC(F)(OC(F)(F)C(F)(OC(F)(F)C(F)(F)C(F)(F)F)C(F)(F)F)C(F)(F)F)O1. The molecule has 6 nitrogen and oxygen atoms in total. The second-order valence-corrected chi connectivity index (χ2v) is 20.8. The van der Waals surface area contributed by atoms with E-state index in [1.807, 2.05) is 0 Å². The minimum absolute atomic E-state index is 0.108. The molecule has 0 aromatic rings. The quantitative estimate of drug-likeness (QED) is 0.116. The molecule has 1 aliphatic heterocycles. The highest BCUT2D eigenvalue weighted by Gasteiger charge is 2.85. The molecule has 0 aliphatic carbocycles. The minimum atomic E-state index is -7.92. The summed E-state index contributed by atoms with van der Waals surface area (Å²) in [5.41, 5.74) is 0. The van der Waals surface area contributed by atoms with Gasteiger partial charge in [0.25, 0.3) is 0 Å². The largest absolute Gasteiger partial charge is 0.462 e. The Labute approximate surface area is 234 Å². The molecule has 26 heteroatoms. The van der Waals surface area contributed by atoms with Gasteiger partial charge >= 0.3 is 74.1 Å². The van der Waals surface area contributed by atoms with Crippen LogP contribution in [0.15, 0.2) is 0 Å². The predicted octanol–water partition coefficient (Wildman–Crippen LogP) is 7.80. The molecular weight excluding hydrogens is 707 g/mol. The topological polar surface area (TPSA) is 55.4 Å². The van der Waals surface area contributed by atoms with E-state index in [0.717, 1.165) is 0 Å². The lowest BCUT2D eigenvalue weighted by atomic mass is 10.2. The zero-order valence-electron chi connectivity index (χ0n) is 22.2. The van der Waals surface area contributed by atoms with E-state index in [1.165, 1.54) is 11.3 Å². The Bertz CT molecular complexity index is 957. The molecule has 0 amide bonds. The van der Waals surface area contributed by atoms with Crippen LogP contribution in [0.4, 0.5) is 74.6 Å². The molecule has 1 fully saturated rings. The van der Waals surface area contributed by atoms with Crippen LogP contribution in [0.1, 0.15) is 6.42 Å². The van der Waals surface area contributed by atoms with Crippen molar-refractivity contribution in [2.75, 3.05) is 13.2 Å². The summed E-state index contributed by atoms with van der Waals surface area (Å²) in [6, 6.07) is -0.108. The first-order valence-electron chi connectivity index (χ1n) is 11.3. The van der Waals surface area contributed by atoms with Crippen LogP contribution < -0.4 is 0 Å². The van der Waals surface area contributed by atoms with Gasteiger partial charge in [-0.25, -0.2) is 0 Å². The Morgan fingerprint density at radius 1 is 0.535 bits per heavy atom. The number of hydrogen-bond donors (Lipinski definition) is 0. The van der Waals surface area contributed by atoms with E-state index in [-0.39, 0.29) is 12.5 Å². The maximum Gasteiger partial charge on any atom is 0.462 e. The third kappa shape index (κ3) is 8.94. The second kappa shape index (κ2) is 11.8. The molecule has 0 radical (unpaired) electrons. The normalized spacial score (nSPS) is 23.0. The fourth-order valence-corrected chi connectivity index (χ4v) is 19.9. The second-order valence-electron chi connectivity index (χ2n) is 10.0. The van der Waals surface area contributed by atoms with E-state index in [9.17, 15) is 74.6 Å². The van der Waals surface area contributed by atoms with E-state index < -0.39 is 87.3 Å². The highest BCUT2D eigenvalue weighted by Crippen LogP contribution is 2.56. The Morgan fingerprint density at radius 2 is 0.977 bits per heavy atom. The van der Waals surface area contributed by atoms with Crippen LogP contribution in [0.25, 0.3) is 0 Å². The molecule has 2 unspecified atom stereocenters. The van der Waals surface area contributed by atoms with Crippen LogP contribution in [0.2, 0.25) is 38.8 Å². The molecule has 2 atom stereocenters. The van der Waals surface area contributed by atoms with Crippen LogP contribution in [0, 0.1) is 0 Å². The summed E-state index contributed by atoms with van der Waals surface area (Å²) in [6.45, 7) is 4.22. The molecule has 0 aromatic carbocycles. The third-order valence-corrected chi connectivity index (χ3v) is 17.6. The minimum Gasteiger partial charge on any atom is -0.416 e. The van der Waals surface area contributed by atoms with Gasteiger partial charge in [0.1, 0.15) is 6.61 Å². The predicted molar refractivity (Wildman–Crippen MR) is 113 cm³/mol. The lowest BCUT2D eigenvalue weighted by molar-refractivity contribution is -0.553. The molecule has 1 saturated heterocycles. The smallest absolute Gasteiger partial charge is 0.416 e. The Kier molecular flexibility index (Phi) is 11.0. The maximum absolute atomic E-state index is 14.5. The Hall–Kier alpha value is -0.779. The van der Waals surface area contributed by atoms with Crippen molar-refractivity contribution in [3.05, 3.63) is 0 Å². The molecule has 258 valence electrons. The molecule has 0 N–H and O–H groups in total. The number of hydrogen-bond acceptors (Lipinski definition) is 6. The summed E-state index contributed by atoms with van der Waals surface area (Å²) in [7, 11) is -8.61. The van der Waals surface area contributed by atoms with E-state index >= 15 is 0 Å². The number of ether oxygens (including phenoxy) is 3. The van der Waals surface area contributed by atoms with Crippen molar-refractivity contribution in [2.24, 2.45) is 0 Å². The van der Waals surface area contributed by atoms with Crippen molar-refractivity contribution in [3.63, 3.8) is 0 Å². The summed E-state index contributed by atoms with van der Waals surface area (Å²) in [6.07, 6.45) is -38.2. The summed E-state index contributed by atoms with van der Waals surface area (Å²) in [5.74, 6) is -22.0. The van der Waals surface area contributed by atoms with Gasteiger partial charge in [0.05, 0.1) is 0 Å². The van der Waals surface area contributed by atoms with Crippen LogP contribution in [0.3, 0.4) is 0 Å². The molecule has 0 aromatic heterocycles. The molecule has 1 heterocycles. The van der Waals surface area contributed by atoms with Gasteiger partial charge < -0.3 is 17.1 Å². The van der Waals surface area contributed by atoms with Crippen LogP contribution in [-0.2, 0) is 26.6 Å². The molecule has 0 bridgehead atoms. The van der Waals surface area contributed by atoms with Gasteiger partial charge in [0, 0.05) is 6.61 Å². The van der Waals surface area contributed by atoms with E-state index in [2.05, 4.69) is 9.47 Å². The van der Waals surface area contributed by atoms with Crippen LogP contribution >= 0.6 is 0 Å². The number of halogens is 17. The molecule has 1 aliphatic rings. The van der Waals surface area contributed by atoms with Crippen molar-refractivity contribution in [2.45, 2.75) is 93.6 Å². The number of alkyl halides is 17. The zero-order chi connectivity index (χ0) is 34.6. The van der Waals surface area contributed by atoms with Crippen molar-refractivity contribution in [1.82, 2.24) is 0 Å². The third-order valence-electron chi connectivity index (χ3n) is 5.06. The first kappa shape index (κ1) is 40.2. The fraction of sp³-hybridized carbons (Fsp3) is 1.00. The fourth-order valence-electron chi connectivity index (χ4n) is 3.62. The zero-order valence-corrected chi connectivity index (χ0v) is 25.2. The molecule has 43 heavy (non-hydrogen) atoms. The number of rotatable bonds is 12. The Balaban J connectivity index is 3.20. The van der Waals surface area contributed by atoms with Crippen molar-refractivity contribution in [1.29, 1.82) is 0 Å². The van der Waals surface area contributed by atoms with Gasteiger partial charge in [-0.05, 0) is 45.2 Å². The average Bonchev–Trinajstić information content (AvgIpc) is 2.67. The van der Waals surface area contributed by atoms with Gasteiger partial charge in [-0.15, -0.1) is 0 Å². The van der Waals surface area contributed by atoms with Gasteiger partial charge in [-0.2, -0.15) is 74.6 Å². The van der Waals surface area contributed by atoms with E-state index in [4.69, 9.17) is 12.3 Å². The summed E-state index contributed by atoms with van der Waals surface area (Å²) in [4.78, 5) is 0. The Morgan fingerprint density at radius 3 is 1.35 bits per heavy atom. The summed E-state index contributed by atoms with van der Waals surface area (Å²) < 4.78 is 250. The van der Waals surface area contributed by atoms with Crippen LogP contribution in [-0.4, -0.2) is 87.3 Å². The van der Waals surface area contributed by atoms with E-state index in [0.29, 0.717) is 0 Å².